The minimum absolute atomic E-state index is 0. The summed E-state index contributed by atoms with van der Waals surface area (Å²) < 4.78 is 61.1. The first kappa shape index (κ1) is 112. The number of aliphatic hydroxyl groups excluding tert-OH is 2. The Morgan fingerprint density at radius 2 is 0.242 bits per heavy atom. The first-order valence-electron chi connectivity index (χ1n) is 38.4. The summed E-state index contributed by atoms with van der Waals surface area (Å²) in [7, 11) is 19.7. The molecule has 4 radical (unpaired) electrons. The van der Waals surface area contributed by atoms with Crippen molar-refractivity contribution in [2.75, 3.05) is 125 Å². The first-order valence-corrected chi connectivity index (χ1v) is 38.4. The van der Waals surface area contributed by atoms with E-state index < -0.39 is 12.6 Å². The normalized spacial score (nSPS) is 9.73. The Morgan fingerprint density at radius 3 is 0.305 bits per heavy atom. The molecule has 32 heteroatoms. The summed E-state index contributed by atoms with van der Waals surface area (Å²) >= 11 is 0. The van der Waals surface area contributed by atoms with Crippen molar-refractivity contribution in [3.63, 3.8) is 0 Å². The van der Waals surface area contributed by atoms with Crippen molar-refractivity contribution in [1.82, 2.24) is 0 Å². The molecule has 28 nitrogen and oxygen atoms in total. The molecule has 0 saturated heterocycles. The van der Waals surface area contributed by atoms with E-state index in [-0.39, 0.29) is 84.3 Å². The molecular formula is C96H106Mo4N12O16. The number of hydrogen-bond donors (Lipinski definition) is 4. The summed E-state index contributed by atoms with van der Waals surface area (Å²) in [4.78, 5) is 0. The smallest absolute Gasteiger partial charge is 0.699 e. The van der Waals surface area contributed by atoms with E-state index in [1.807, 2.05) is 291 Å². The van der Waals surface area contributed by atoms with Gasteiger partial charge in [0, 0.05) is 0 Å². The van der Waals surface area contributed by atoms with Crippen molar-refractivity contribution >= 4 is 68.2 Å². The van der Waals surface area contributed by atoms with Gasteiger partial charge in [-0.2, -0.15) is 0 Å². The van der Waals surface area contributed by atoms with Crippen molar-refractivity contribution in [2.24, 2.45) is 0 Å². The van der Waals surface area contributed by atoms with Crippen LogP contribution in [-0.2, 0) is 84.3 Å². The van der Waals surface area contributed by atoms with Crippen LogP contribution in [0, 0.1) is 0 Å². The van der Waals surface area contributed by atoms with E-state index in [1.165, 1.54) is 12.2 Å². The molecule has 0 aliphatic rings. The second-order valence-corrected chi connectivity index (χ2v) is 24.7. The maximum absolute atomic E-state index is 8.23. The summed E-state index contributed by atoms with van der Waals surface area (Å²) in [5.74, 6) is 9.90. The number of rotatable bonds is 39. The van der Waals surface area contributed by atoms with E-state index in [0.29, 0.717) is 40.0 Å². The van der Waals surface area contributed by atoms with E-state index in [0.717, 1.165) is 149 Å². The Morgan fingerprint density at radius 1 is 0.164 bits per heavy atom. The molecule has 12 aromatic rings. The molecule has 0 unspecified atom stereocenters. The van der Waals surface area contributed by atoms with E-state index in [1.54, 1.807) is 85.3 Å². The number of allylic oxidation sites excluding steroid dienone is 2. The summed E-state index contributed by atoms with van der Waals surface area (Å²) in [6.07, 6.45) is 1.76. The molecule has 0 aliphatic carbocycles. The van der Waals surface area contributed by atoms with Crippen LogP contribution in [0.2, 0.25) is 0 Å². The number of ether oxygens (including phenoxy) is 12. The molecule has 0 bridgehead atoms. The van der Waals surface area contributed by atoms with E-state index in [9.17, 15) is 0 Å². The molecule has 128 heavy (non-hydrogen) atoms. The predicted molar refractivity (Wildman–Crippen MR) is 496 cm³/mol. The van der Waals surface area contributed by atoms with Crippen molar-refractivity contribution in [3.8, 4) is 69.0 Å². The van der Waals surface area contributed by atoms with Gasteiger partial charge in [0.05, 0.1) is 85.3 Å². The van der Waals surface area contributed by atoms with Crippen LogP contribution in [-0.4, -0.2) is 158 Å². The Bertz CT molecular complexity index is 3760. The first-order chi connectivity index (χ1) is 60.5. The molecule has 12 aromatic carbocycles. The van der Waals surface area contributed by atoms with E-state index >= 15 is 0 Å². The Balaban J connectivity index is 0.000000506. The molecule has 0 spiro atoms. The number of hydrogen-bond acceptors (Lipinski definition) is 16. The minimum Gasteiger partial charge on any atom is -0.699 e. The van der Waals surface area contributed by atoms with Gasteiger partial charge in [-0.25, -0.2) is 40.0 Å². The van der Waals surface area contributed by atoms with E-state index in [2.05, 4.69) is 63.8 Å². The maximum atomic E-state index is 8.23. The maximum Gasteiger partial charge on any atom is 3.00 e. The van der Waals surface area contributed by atoms with Crippen LogP contribution in [0.5, 0.6) is 69.0 Å². The van der Waals surface area contributed by atoms with Gasteiger partial charge < -0.3 is 141 Å². The molecule has 12 rings (SSSR count). The molecule has 0 fully saturated rings. The molecule has 0 heterocycles. The van der Waals surface area contributed by atoms with Crippen LogP contribution in [0.1, 0.15) is 0 Å². The fourth-order valence-corrected chi connectivity index (χ4v) is 9.77. The summed E-state index contributed by atoms with van der Waals surface area (Å²) in [6.45, 7) is 2.41. The van der Waals surface area contributed by atoms with E-state index in [4.69, 9.17) is 77.3 Å². The second kappa shape index (κ2) is 68.2. The van der Waals surface area contributed by atoms with Gasteiger partial charge >= 0.3 is 84.3 Å². The van der Waals surface area contributed by atoms with Gasteiger partial charge in [0.2, 0.25) is 0 Å². The Hall–Kier alpha value is -12.1. The molecule has 0 aromatic heterocycles. The largest absolute Gasteiger partial charge is 3.00 e. The van der Waals surface area contributed by atoms with Gasteiger partial charge in [-0.05, 0) is 158 Å². The molecule has 670 valence electrons. The number of nitrogens with zero attached hydrogens (tertiary/aromatic N) is 12. The van der Waals surface area contributed by atoms with Crippen LogP contribution in [0.25, 0.3) is 63.8 Å². The van der Waals surface area contributed by atoms with Crippen LogP contribution >= 0.6 is 0 Å². The molecule has 0 atom stereocenters. The summed E-state index contributed by atoms with van der Waals surface area (Å²) in [5, 5.41) is 85.3. The fraction of sp³-hybridized carbons (Fsp3) is 0.208. The summed E-state index contributed by atoms with van der Waals surface area (Å²) in [6, 6.07) is 90.9. The quantitative estimate of drug-likeness (QED) is 0.0158. The fourth-order valence-electron chi connectivity index (χ4n) is 9.77. The van der Waals surface area contributed by atoms with Crippen LogP contribution in [0.4, 0.5) is 68.2 Å². The molecule has 0 aliphatic heterocycles. The molecular weight excluding hydrogens is 1960 g/mol. The van der Waals surface area contributed by atoms with Crippen LogP contribution in [0.3, 0.4) is 0 Å². The molecule has 0 amide bonds. The second-order valence-electron chi connectivity index (χ2n) is 24.7. The topological polar surface area (TPSA) is 361 Å². The van der Waals surface area contributed by atoms with Gasteiger partial charge in [-0.3, -0.25) is 0 Å². The van der Waals surface area contributed by atoms with Gasteiger partial charge in [0.1, 0.15) is 69.0 Å². The SMILES string of the molecule is COc1ccc([N-]C[N-]c2ccc(OC)cc2)cc1.COc1ccc([N-]C[N-]c2ccc(OC)cc2)cc1.COc1ccc([N-]C[N-]c2ccc(OC)cc2)cc1.COc1ccc([N-]C[N-]c2ccc(OC)cc2)cc1.COc1ccc([N-]C[N-]c2ccc(OC)cc2)cc1.COc1ccc([N-]C[N-]c2ccc(OC)cc2)cc1.OC(O)C=CC=CC(O)O.[Mo+3].[Mo+3].[Mo+3].[Mo+3]. The zero-order valence-corrected chi connectivity index (χ0v) is 81.1. The summed E-state index contributed by atoms with van der Waals surface area (Å²) in [5.41, 5.74) is 10.6. The average Bonchev–Trinajstić information content (AvgIpc) is 0.911. The number of benzene rings is 12. The molecule has 0 saturated carbocycles. The van der Waals surface area contributed by atoms with Crippen molar-refractivity contribution in [3.05, 3.63) is 379 Å². The minimum atomic E-state index is -1.50. The van der Waals surface area contributed by atoms with Crippen molar-refractivity contribution in [1.29, 1.82) is 0 Å². The third-order valence-electron chi connectivity index (χ3n) is 16.6. The van der Waals surface area contributed by atoms with Gasteiger partial charge in [0.15, 0.2) is 12.6 Å². The third-order valence-corrected chi connectivity index (χ3v) is 16.6. The monoisotopic (exact) mass is 2070 g/mol. The predicted octanol–water partition coefficient (Wildman–Crippen LogP) is 24.9. The van der Waals surface area contributed by atoms with Crippen molar-refractivity contribution < 1.29 is 162 Å². The molecule has 4 N–H and O–H groups in total. The van der Waals surface area contributed by atoms with Crippen LogP contribution < -0.4 is 56.8 Å². The van der Waals surface area contributed by atoms with Gasteiger partial charge in [-0.1, -0.05) is 158 Å². The number of methoxy groups -OCH3 is 12. The standard InChI is InChI=1S/6C15H16N2O2.C6H10O4.4Mo/c6*1-18-14-7-3-12(4-8-14)16-11-17-13-5-9-15(19-2)10-6-13;7-5(8)3-1-2-4-6(9)10;;;;/h6*3-10H,11H2,1-2H3;1-10H;;;;/q6*-2;;4*+3. The van der Waals surface area contributed by atoms with Crippen LogP contribution in [0.15, 0.2) is 315 Å². The zero-order chi connectivity index (χ0) is 89.0. The average molecular weight is 2070 g/mol. The van der Waals surface area contributed by atoms with Crippen molar-refractivity contribution in [2.45, 2.75) is 12.6 Å². The third kappa shape index (κ3) is 47.5. The zero-order valence-electron chi connectivity index (χ0n) is 73.1. The van der Waals surface area contributed by atoms with Gasteiger partial charge in [-0.15, -0.1) is 68.2 Å². The Kier molecular flexibility index (Phi) is 59.6. The van der Waals surface area contributed by atoms with Gasteiger partial charge in [0.25, 0.3) is 0 Å². The number of aliphatic hydroxyl groups is 4. The Labute approximate surface area is 809 Å².